The lowest BCUT2D eigenvalue weighted by molar-refractivity contribution is -0.121. The number of halogens is 1. The van der Waals surface area contributed by atoms with E-state index in [9.17, 15) is 4.79 Å². The van der Waals surface area contributed by atoms with Gasteiger partial charge in [0.25, 0.3) is 0 Å². The van der Waals surface area contributed by atoms with Gasteiger partial charge in [0.05, 0.1) is 6.04 Å². The van der Waals surface area contributed by atoms with Crippen LogP contribution in [0.2, 0.25) is 0 Å². The van der Waals surface area contributed by atoms with E-state index < -0.39 is 0 Å². The number of amides is 1. The van der Waals surface area contributed by atoms with Crippen molar-refractivity contribution in [1.29, 1.82) is 0 Å². The van der Waals surface area contributed by atoms with Crippen molar-refractivity contribution in [2.45, 2.75) is 65.8 Å². The van der Waals surface area contributed by atoms with Crippen LogP contribution in [0.3, 0.4) is 0 Å². The third kappa shape index (κ3) is 5.22. The van der Waals surface area contributed by atoms with Crippen LogP contribution in [0.1, 0.15) is 55.7 Å². The maximum Gasteiger partial charge on any atom is 0.241 e. The maximum absolute atomic E-state index is 12.8. The first-order valence-electron chi connectivity index (χ1n) is 8.65. The van der Waals surface area contributed by atoms with Gasteiger partial charge in [0, 0.05) is 5.69 Å². The van der Waals surface area contributed by atoms with Crippen LogP contribution in [0, 0.1) is 20.8 Å². The van der Waals surface area contributed by atoms with E-state index in [1.807, 2.05) is 0 Å². The van der Waals surface area contributed by atoms with Gasteiger partial charge in [-0.3, -0.25) is 9.69 Å². The fourth-order valence-electron chi connectivity index (χ4n) is 3.60. The third-order valence-electron chi connectivity index (χ3n) is 4.70. The lowest BCUT2D eigenvalue weighted by Crippen LogP contribution is -2.44. The molecule has 1 fully saturated rings. The lowest BCUT2D eigenvalue weighted by atomic mass is 10.0. The SMILES string of the molecule is CCC(C(=O)Nc1c(C)cc(C)cc1C)N1CCCCCC1.Cl. The first-order chi connectivity index (χ1) is 10.5. The average Bonchev–Trinajstić information content (AvgIpc) is 2.73. The quantitative estimate of drug-likeness (QED) is 0.868. The number of carbonyl (C=O) groups is 1. The molecule has 1 N–H and O–H groups in total. The van der Waals surface area contributed by atoms with Crippen LogP contribution < -0.4 is 5.32 Å². The minimum atomic E-state index is -0.00166. The minimum Gasteiger partial charge on any atom is -0.324 e. The Morgan fingerprint density at radius 1 is 1.09 bits per heavy atom. The molecule has 3 nitrogen and oxygen atoms in total. The van der Waals surface area contributed by atoms with Gasteiger partial charge in [-0.2, -0.15) is 0 Å². The summed E-state index contributed by atoms with van der Waals surface area (Å²) in [6.45, 7) is 10.5. The largest absolute Gasteiger partial charge is 0.324 e. The van der Waals surface area contributed by atoms with E-state index >= 15 is 0 Å². The highest BCUT2D eigenvalue weighted by atomic mass is 35.5. The zero-order valence-corrected chi connectivity index (χ0v) is 15.8. The van der Waals surface area contributed by atoms with E-state index in [0.717, 1.165) is 36.3 Å². The summed E-state index contributed by atoms with van der Waals surface area (Å²) in [7, 11) is 0. The number of hydrogen-bond donors (Lipinski definition) is 1. The monoisotopic (exact) mass is 338 g/mol. The molecule has 1 atom stereocenters. The molecule has 4 heteroatoms. The molecule has 1 aliphatic rings. The van der Waals surface area contributed by atoms with Gasteiger partial charge in [0.15, 0.2) is 0 Å². The summed E-state index contributed by atoms with van der Waals surface area (Å²) in [5.41, 5.74) is 4.53. The van der Waals surface area contributed by atoms with Crippen molar-refractivity contribution in [3.63, 3.8) is 0 Å². The van der Waals surface area contributed by atoms with E-state index in [-0.39, 0.29) is 24.4 Å². The molecule has 0 spiro atoms. The molecule has 1 saturated heterocycles. The van der Waals surface area contributed by atoms with E-state index in [2.05, 4.69) is 50.0 Å². The number of anilines is 1. The molecule has 0 saturated carbocycles. The Morgan fingerprint density at radius 3 is 2.09 bits per heavy atom. The van der Waals surface area contributed by atoms with E-state index in [1.165, 1.54) is 31.2 Å². The second-order valence-corrected chi connectivity index (χ2v) is 6.64. The van der Waals surface area contributed by atoms with Gasteiger partial charge in [-0.15, -0.1) is 12.4 Å². The first kappa shape index (κ1) is 20.0. The summed E-state index contributed by atoms with van der Waals surface area (Å²) < 4.78 is 0. The molecule has 0 aromatic heterocycles. The van der Waals surface area contributed by atoms with Gasteiger partial charge in [0.1, 0.15) is 0 Å². The van der Waals surface area contributed by atoms with Crippen LogP contribution in [0.4, 0.5) is 5.69 Å². The summed E-state index contributed by atoms with van der Waals surface area (Å²) >= 11 is 0. The number of hydrogen-bond acceptors (Lipinski definition) is 2. The number of nitrogens with zero attached hydrogens (tertiary/aromatic N) is 1. The zero-order chi connectivity index (χ0) is 16.1. The molecule has 0 aliphatic carbocycles. The normalized spacial score (nSPS) is 17.0. The van der Waals surface area contributed by atoms with Crippen molar-refractivity contribution in [3.05, 3.63) is 28.8 Å². The van der Waals surface area contributed by atoms with Crippen LogP contribution in [0.15, 0.2) is 12.1 Å². The van der Waals surface area contributed by atoms with Gasteiger partial charge in [-0.25, -0.2) is 0 Å². The van der Waals surface area contributed by atoms with Crippen LogP contribution >= 0.6 is 12.4 Å². The standard InChI is InChI=1S/C19H30N2O.ClH/c1-5-17(21-10-8-6-7-9-11-21)19(22)20-18-15(3)12-14(2)13-16(18)4;/h12-13,17H,5-11H2,1-4H3,(H,20,22);1H. The Balaban J connectivity index is 0.00000264. The Hall–Kier alpha value is -1.06. The summed E-state index contributed by atoms with van der Waals surface area (Å²) in [4.78, 5) is 15.2. The predicted octanol–water partition coefficient (Wildman–Crippen LogP) is 4.63. The average molecular weight is 339 g/mol. The van der Waals surface area contributed by atoms with E-state index in [4.69, 9.17) is 0 Å². The van der Waals surface area contributed by atoms with Crippen molar-refractivity contribution < 1.29 is 4.79 Å². The second kappa shape index (κ2) is 9.29. The molecule has 1 aromatic carbocycles. The van der Waals surface area contributed by atoms with Crippen LogP contribution in [0.5, 0.6) is 0 Å². The van der Waals surface area contributed by atoms with Crippen molar-refractivity contribution in [3.8, 4) is 0 Å². The number of nitrogens with one attached hydrogen (secondary N) is 1. The fraction of sp³-hybridized carbons (Fsp3) is 0.632. The lowest BCUT2D eigenvalue weighted by Gasteiger charge is -2.29. The summed E-state index contributed by atoms with van der Waals surface area (Å²) in [6.07, 6.45) is 5.89. The van der Waals surface area contributed by atoms with Gasteiger partial charge < -0.3 is 5.32 Å². The van der Waals surface area contributed by atoms with Crippen molar-refractivity contribution in [2.24, 2.45) is 0 Å². The number of likely N-dealkylation sites (tertiary alicyclic amines) is 1. The summed E-state index contributed by atoms with van der Waals surface area (Å²) in [6, 6.07) is 4.27. The molecule has 0 radical (unpaired) electrons. The third-order valence-corrected chi connectivity index (χ3v) is 4.70. The second-order valence-electron chi connectivity index (χ2n) is 6.64. The minimum absolute atomic E-state index is 0. The van der Waals surface area contributed by atoms with Crippen molar-refractivity contribution >= 4 is 24.0 Å². The number of aryl methyl sites for hydroxylation is 3. The topological polar surface area (TPSA) is 32.3 Å². The molecule has 0 bridgehead atoms. The molecule has 1 aromatic rings. The Morgan fingerprint density at radius 2 is 1.61 bits per heavy atom. The van der Waals surface area contributed by atoms with Gasteiger partial charge in [-0.1, -0.05) is 37.5 Å². The molecule has 130 valence electrons. The first-order valence-corrected chi connectivity index (χ1v) is 8.65. The predicted molar refractivity (Wildman–Crippen MR) is 101 cm³/mol. The van der Waals surface area contributed by atoms with Gasteiger partial charge in [-0.05, 0) is 64.3 Å². The zero-order valence-electron chi connectivity index (χ0n) is 14.9. The molecule has 1 heterocycles. The number of benzene rings is 1. The van der Waals surface area contributed by atoms with E-state index in [0.29, 0.717) is 0 Å². The van der Waals surface area contributed by atoms with Crippen LogP contribution in [-0.2, 0) is 4.79 Å². The van der Waals surface area contributed by atoms with Crippen LogP contribution in [-0.4, -0.2) is 29.9 Å². The van der Waals surface area contributed by atoms with Gasteiger partial charge >= 0.3 is 0 Å². The van der Waals surface area contributed by atoms with Crippen molar-refractivity contribution in [2.75, 3.05) is 18.4 Å². The summed E-state index contributed by atoms with van der Waals surface area (Å²) in [5, 5.41) is 3.19. The molecule has 1 unspecified atom stereocenters. The highest BCUT2D eigenvalue weighted by Gasteiger charge is 2.25. The summed E-state index contributed by atoms with van der Waals surface area (Å²) in [5.74, 6) is 0.152. The van der Waals surface area contributed by atoms with Crippen molar-refractivity contribution in [1.82, 2.24) is 4.90 Å². The molecular weight excluding hydrogens is 308 g/mol. The maximum atomic E-state index is 12.8. The highest BCUT2D eigenvalue weighted by molar-refractivity contribution is 5.96. The molecule has 2 rings (SSSR count). The molecule has 1 aliphatic heterocycles. The fourth-order valence-corrected chi connectivity index (χ4v) is 3.60. The van der Waals surface area contributed by atoms with E-state index in [1.54, 1.807) is 0 Å². The highest BCUT2D eigenvalue weighted by Crippen LogP contribution is 2.23. The van der Waals surface area contributed by atoms with Crippen LogP contribution in [0.25, 0.3) is 0 Å². The molecular formula is C19H31ClN2O. The Labute approximate surface area is 147 Å². The number of rotatable bonds is 4. The number of carbonyl (C=O) groups excluding carboxylic acids is 1. The Kier molecular flexibility index (Phi) is 8.07. The smallest absolute Gasteiger partial charge is 0.241 e. The Bertz CT molecular complexity index is 499. The molecule has 23 heavy (non-hydrogen) atoms. The van der Waals surface area contributed by atoms with Gasteiger partial charge in [0.2, 0.25) is 5.91 Å². The molecule has 1 amide bonds.